The van der Waals surface area contributed by atoms with Crippen molar-refractivity contribution in [1.29, 1.82) is 0 Å². The molecule has 1 aromatic rings. The summed E-state index contributed by atoms with van der Waals surface area (Å²) in [6, 6.07) is 0.134. The Kier molecular flexibility index (Phi) is 5.76. The second-order valence-electron chi connectivity index (χ2n) is 5.68. The number of carbonyl (C=O) groups excluding carboxylic acids is 1. The lowest BCUT2D eigenvalue weighted by Gasteiger charge is -2.21. The van der Waals surface area contributed by atoms with Gasteiger partial charge in [0, 0.05) is 37.1 Å². The van der Waals surface area contributed by atoms with E-state index in [0.29, 0.717) is 13.1 Å². The van der Waals surface area contributed by atoms with Crippen LogP contribution in [0, 0.1) is 0 Å². The minimum Gasteiger partial charge on any atom is -0.444 e. The van der Waals surface area contributed by atoms with Crippen LogP contribution in [-0.2, 0) is 11.3 Å². The maximum atomic E-state index is 11.5. The zero-order valence-corrected chi connectivity index (χ0v) is 12.6. The molecular formula is C14H24N4O2. The molecule has 1 unspecified atom stereocenters. The van der Waals surface area contributed by atoms with E-state index in [4.69, 9.17) is 4.74 Å². The topological polar surface area (TPSA) is 68.2 Å². The summed E-state index contributed by atoms with van der Waals surface area (Å²) in [5.74, 6) is 0. The summed E-state index contributed by atoms with van der Waals surface area (Å²) < 4.78 is 6.82. The largest absolute Gasteiger partial charge is 0.444 e. The van der Waals surface area contributed by atoms with Crippen LogP contribution >= 0.6 is 0 Å². The highest BCUT2D eigenvalue weighted by Crippen LogP contribution is 2.06. The number of ether oxygens (including phenoxy) is 1. The molecule has 0 saturated heterocycles. The van der Waals surface area contributed by atoms with Crippen LogP contribution in [0.5, 0.6) is 0 Å². The Morgan fingerprint density at radius 3 is 2.85 bits per heavy atom. The summed E-state index contributed by atoms with van der Waals surface area (Å²) >= 11 is 0. The zero-order valence-electron chi connectivity index (χ0n) is 12.6. The van der Waals surface area contributed by atoms with Gasteiger partial charge in [-0.25, -0.2) is 9.48 Å². The number of aromatic nitrogens is 2. The molecule has 1 aromatic heterocycles. The first-order valence-corrected chi connectivity index (χ1v) is 6.66. The third-order valence-corrected chi connectivity index (χ3v) is 2.45. The highest BCUT2D eigenvalue weighted by atomic mass is 16.6. The van der Waals surface area contributed by atoms with Crippen molar-refractivity contribution in [3.8, 4) is 0 Å². The molecule has 20 heavy (non-hydrogen) atoms. The number of nitrogens with one attached hydrogen (secondary N) is 2. The third-order valence-electron chi connectivity index (χ3n) is 2.45. The molecule has 1 atom stereocenters. The molecular weight excluding hydrogens is 256 g/mol. The summed E-state index contributed by atoms with van der Waals surface area (Å²) in [6.45, 7) is 12.3. The van der Waals surface area contributed by atoms with Crippen molar-refractivity contribution >= 4 is 12.3 Å². The van der Waals surface area contributed by atoms with Crippen LogP contribution in [0.1, 0.15) is 33.3 Å². The Morgan fingerprint density at radius 1 is 1.60 bits per heavy atom. The predicted octanol–water partition coefficient (Wildman–Crippen LogP) is 1.99. The molecule has 0 fully saturated rings. The lowest BCUT2D eigenvalue weighted by Crippen LogP contribution is -2.40. The van der Waals surface area contributed by atoms with Gasteiger partial charge in [0.25, 0.3) is 0 Å². The molecule has 0 spiro atoms. The van der Waals surface area contributed by atoms with Crippen LogP contribution in [0.15, 0.2) is 19.0 Å². The average Bonchev–Trinajstić information content (AvgIpc) is 2.79. The average molecular weight is 280 g/mol. The Bertz CT molecular complexity index is 448. The van der Waals surface area contributed by atoms with E-state index in [1.165, 1.54) is 0 Å². The first-order chi connectivity index (χ1) is 9.30. The van der Waals surface area contributed by atoms with Gasteiger partial charge in [-0.1, -0.05) is 6.58 Å². The van der Waals surface area contributed by atoms with Gasteiger partial charge in [-0.15, -0.1) is 0 Å². The molecule has 0 aromatic carbocycles. The van der Waals surface area contributed by atoms with Gasteiger partial charge in [-0.05, 0) is 27.7 Å². The highest BCUT2D eigenvalue weighted by molar-refractivity contribution is 5.67. The van der Waals surface area contributed by atoms with Crippen molar-refractivity contribution in [1.82, 2.24) is 20.4 Å². The molecule has 112 valence electrons. The Hall–Kier alpha value is -1.82. The third kappa shape index (κ3) is 6.38. The second-order valence-corrected chi connectivity index (χ2v) is 5.68. The molecule has 1 amide bonds. The SMILES string of the molecule is C=Cn1cc(CNC(C)CNC(=O)OC(C)(C)C)cn1. The summed E-state index contributed by atoms with van der Waals surface area (Å²) in [4.78, 5) is 11.5. The molecule has 0 aliphatic carbocycles. The number of alkyl carbamates (subject to hydrolysis) is 1. The van der Waals surface area contributed by atoms with E-state index in [1.54, 1.807) is 17.1 Å². The highest BCUT2D eigenvalue weighted by Gasteiger charge is 2.16. The minimum absolute atomic E-state index is 0.134. The molecule has 0 aliphatic rings. The first-order valence-electron chi connectivity index (χ1n) is 6.66. The number of rotatable bonds is 6. The number of amides is 1. The van der Waals surface area contributed by atoms with Gasteiger partial charge in [0.2, 0.25) is 0 Å². The molecule has 6 heteroatoms. The minimum atomic E-state index is -0.472. The molecule has 0 aliphatic heterocycles. The second kappa shape index (κ2) is 7.09. The van der Waals surface area contributed by atoms with Crippen LogP contribution in [-0.4, -0.2) is 34.1 Å². The van der Waals surface area contributed by atoms with Crippen molar-refractivity contribution < 1.29 is 9.53 Å². The van der Waals surface area contributed by atoms with Gasteiger partial charge < -0.3 is 15.4 Å². The first kappa shape index (κ1) is 16.2. The summed E-state index contributed by atoms with van der Waals surface area (Å²) in [6.07, 6.45) is 4.92. The van der Waals surface area contributed by atoms with Crippen molar-refractivity contribution in [2.24, 2.45) is 0 Å². The van der Waals surface area contributed by atoms with Crippen molar-refractivity contribution in [3.63, 3.8) is 0 Å². The molecule has 0 saturated carbocycles. The van der Waals surface area contributed by atoms with Crippen LogP contribution in [0.25, 0.3) is 6.20 Å². The van der Waals surface area contributed by atoms with Gasteiger partial charge in [0.15, 0.2) is 0 Å². The number of hydrogen-bond donors (Lipinski definition) is 2. The number of hydrogen-bond acceptors (Lipinski definition) is 4. The summed E-state index contributed by atoms with van der Waals surface area (Å²) in [5, 5.41) is 10.1. The quantitative estimate of drug-likeness (QED) is 0.836. The van der Waals surface area contributed by atoms with E-state index >= 15 is 0 Å². The maximum Gasteiger partial charge on any atom is 0.407 e. The van der Waals surface area contributed by atoms with Crippen molar-refractivity contribution in [2.45, 2.75) is 45.9 Å². The normalized spacial score (nSPS) is 12.8. The Morgan fingerprint density at radius 2 is 2.30 bits per heavy atom. The van der Waals surface area contributed by atoms with Crippen LogP contribution in [0.4, 0.5) is 4.79 Å². The molecule has 0 bridgehead atoms. The van der Waals surface area contributed by atoms with Gasteiger partial charge in [-0.3, -0.25) is 0 Å². The fraction of sp³-hybridized carbons (Fsp3) is 0.571. The molecule has 2 N–H and O–H groups in total. The maximum absolute atomic E-state index is 11.5. The Labute approximate surface area is 120 Å². The number of carbonyl (C=O) groups is 1. The molecule has 1 rings (SSSR count). The van der Waals surface area contributed by atoms with Crippen LogP contribution in [0.2, 0.25) is 0 Å². The Balaban J connectivity index is 2.25. The fourth-order valence-electron chi connectivity index (χ4n) is 1.48. The van der Waals surface area contributed by atoms with E-state index in [0.717, 1.165) is 5.56 Å². The van der Waals surface area contributed by atoms with E-state index < -0.39 is 11.7 Å². The van der Waals surface area contributed by atoms with Crippen molar-refractivity contribution in [3.05, 3.63) is 24.5 Å². The summed E-state index contributed by atoms with van der Waals surface area (Å²) in [7, 11) is 0. The standard InChI is InChI=1S/C14H24N4O2/c1-6-18-10-12(9-17-18)8-15-11(2)7-16-13(19)20-14(3,4)5/h6,9-11,15H,1,7-8H2,2-5H3,(H,16,19). The molecule has 6 nitrogen and oxygen atoms in total. The van der Waals surface area contributed by atoms with Crippen LogP contribution in [0.3, 0.4) is 0 Å². The fourth-order valence-corrected chi connectivity index (χ4v) is 1.48. The van der Waals surface area contributed by atoms with Crippen molar-refractivity contribution in [2.75, 3.05) is 6.54 Å². The zero-order chi connectivity index (χ0) is 15.2. The van der Waals surface area contributed by atoms with Gasteiger partial charge >= 0.3 is 6.09 Å². The van der Waals surface area contributed by atoms with E-state index in [-0.39, 0.29) is 6.04 Å². The predicted molar refractivity (Wildman–Crippen MR) is 79.2 cm³/mol. The van der Waals surface area contributed by atoms with E-state index in [1.807, 2.05) is 33.9 Å². The molecule has 1 heterocycles. The lowest BCUT2D eigenvalue weighted by molar-refractivity contribution is 0.0523. The van der Waals surface area contributed by atoms with Gasteiger partial charge in [0.1, 0.15) is 5.60 Å². The lowest BCUT2D eigenvalue weighted by atomic mass is 10.2. The smallest absolute Gasteiger partial charge is 0.407 e. The van der Waals surface area contributed by atoms with Gasteiger partial charge in [-0.2, -0.15) is 5.10 Å². The molecule has 0 radical (unpaired) electrons. The van der Waals surface area contributed by atoms with Gasteiger partial charge in [0.05, 0.1) is 6.20 Å². The van der Waals surface area contributed by atoms with Crippen LogP contribution < -0.4 is 10.6 Å². The summed E-state index contributed by atoms with van der Waals surface area (Å²) in [5.41, 5.74) is 0.592. The monoisotopic (exact) mass is 280 g/mol. The number of nitrogens with zero attached hydrogens (tertiary/aromatic N) is 2. The van der Waals surface area contributed by atoms with E-state index in [9.17, 15) is 4.79 Å². The van der Waals surface area contributed by atoms with E-state index in [2.05, 4.69) is 22.3 Å².